The van der Waals surface area contributed by atoms with Crippen LogP contribution in [0.25, 0.3) is 0 Å². The second kappa shape index (κ2) is 6.18. The summed E-state index contributed by atoms with van der Waals surface area (Å²) in [6.07, 6.45) is 1.49. The highest BCUT2D eigenvalue weighted by atomic mass is 127. The maximum absolute atomic E-state index is 12.0. The fraction of sp³-hybridized carbons (Fsp3) is 0. The molecule has 5 nitrogen and oxygen atoms in total. The number of rotatable bonds is 3. The summed E-state index contributed by atoms with van der Waals surface area (Å²) in [6, 6.07) is 8.50. The van der Waals surface area contributed by atoms with Crippen molar-refractivity contribution in [2.24, 2.45) is 5.84 Å². The van der Waals surface area contributed by atoms with Crippen LogP contribution in [0.15, 0.2) is 36.5 Å². The Balaban J connectivity index is 2.15. The molecule has 1 amide bonds. The molecule has 0 saturated heterocycles. The third kappa shape index (κ3) is 3.55. The zero-order chi connectivity index (χ0) is 13.8. The maximum atomic E-state index is 12.0. The summed E-state index contributed by atoms with van der Waals surface area (Å²) in [5.74, 6) is 4.94. The Morgan fingerprint density at radius 1 is 1.32 bits per heavy atom. The van der Waals surface area contributed by atoms with Crippen molar-refractivity contribution in [2.45, 2.75) is 0 Å². The number of pyridine rings is 1. The van der Waals surface area contributed by atoms with Crippen LogP contribution in [0, 0.1) is 3.57 Å². The van der Waals surface area contributed by atoms with Gasteiger partial charge in [-0.15, -0.1) is 0 Å². The number of carbonyl (C=O) groups is 1. The van der Waals surface area contributed by atoms with Crippen LogP contribution in [-0.2, 0) is 0 Å². The fourth-order valence-corrected chi connectivity index (χ4v) is 2.40. The van der Waals surface area contributed by atoms with Gasteiger partial charge in [-0.25, -0.2) is 4.98 Å². The summed E-state index contributed by atoms with van der Waals surface area (Å²) < 4.78 is 0.860. The van der Waals surface area contributed by atoms with Crippen LogP contribution < -0.4 is 16.6 Å². The van der Waals surface area contributed by atoms with Crippen molar-refractivity contribution in [1.82, 2.24) is 4.98 Å². The van der Waals surface area contributed by atoms with E-state index in [-0.39, 0.29) is 5.91 Å². The van der Waals surface area contributed by atoms with Crippen LogP contribution in [0.2, 0.25) is 5.02 Å². The molecule has 0 unspecified atom stereocenters. The van der Waals surface area contributed by atoms with Gasteiger partial charge in [0.1, 0.15) is 5.69 Å². The molecule has 0 spiro atoms. The highest BCUT2D eigenvalue weighted by Gasteiger charge is 2.09. The number of nitrogens with two attached hydrogens (primary N) is 1. The molecular weight excluding hydrogens is 379 g/mol. The second-order valence-electron chi connectivity index (χ2n) is 3.65. The lowest BCUT2D eigenvalue weighted by molar-refractivity contribution is 0.102. The number of nitrogens with zero attached hydrogens (tertiary/aromatic N) is 1. The lowest BCUT2D eigenvalue weighted by atomic mass is 10.3. The highest BCUT2D eigenvalue weighted by Crippen LogP contribution is 2.22. The third-order valence-corrected chi connectivity index (χ3v) is 3.47. The molecule has 4 N–H and O–H groups in total. The number of nitrogens with one attached hydrogen (secondary N) is 2. The number of aromatic nitrogens is 1. The first-order chi connectivity index (χ1) is 9.10. The molecule has 0 aliphatic rings. The van der Waals surface area contributed by atoms with Gasteiger partial charge in [-0.1, -0.05) is 11.6 Å². The van der Waals surface area contributed by atoms with Crippen molar-refractivity contribution >= 4 is 51.5 Å². The molecule has 0 aliphatic carbocycles. The highest BCUT2D eigenvalue weighted by molar-refractivity contribution is 14.1. The van der Waals surface area contributed by atoms with E-state index < -0.39 is 0 Å². The summed E-state index contributed by atoms with van der Waals surface area (Å²) in [6.45, 7) is 0. The average Bonchev–Trinajstić information content (AvgIpc) is 2.42. The number of halogens is 2. The minimum atomic E-state index is -0.288. The Bertz CT molecular complexity index is 603. The van der Waals surface area contributed by atoms with Crippen LogP contribution in [0.3, 0.4) is 0 Å². The minimum absolute atomic E-state index is 0.288. The number of anilines is 2. The molecule has 1 aromatic heterocycles. The molecule has 98 valence electrons. The summed E-state index contributed by atoms with van der Waals surface area (Å²) in [5, 5.41) is 3.40. The van der Waals surface area contributed by atoms with E-state index >= 15 is 0 Å². The Labute approximate surface area is 128 Å². The van der Waals surface area contributed by atoms with E-state index in [9.17, 15) is 4.79 Å². The zero-order valence-electron chi connectivity index (χ0n) is 9.65. The van der Waals surface area contributed by atoms with E-state index in [2.05, 4.69) is 38.3 Å². The van der Waals surface area contributed by atoms with Crippen molar-refractivity contribution in [3.8, 4) is 0 Å². The fourth-order valence-electron chi connectivity index (χ4n) is 1.39. The van der Waals surface area contributed by atoms with E-state index in [0.717, 1.165) is 3.57 Å². The second-order valence-corrected chi connectivity index (χ2v) is 5.25. The topological polar surface area (TPSA) is 80.0 Å². The smallest absolute Gasteiger partial charge is 0.274 e. The van der Waals surface area contributed by atoms with Crippen LogP contribution >= 0.6 is 34.2 Å². The first kappa shape index (κ1) is 14.0. The molecule has 2 aromatic rings. The molecule has 0 aliphatic heterocycles. The number of carbonyl (C=O) groups excluding carboxylic acids is 1. The molecule has 0 bridgehead atoms. The Kier molecular flexibility index (Phi) is 4.56. The molecule has 0 saturated carbocycles. The number of nitrogen functional groups attached to an aromatic ring is 1. The van der Waals surface area contributed by atoms with Gasteiger partial charge in [-0.05, 0) is 52.9 Å². The van der Waals surface area contributed by atoms with Gasteiger partial charge in [0, 0.05) is 8.59 Å². The lowest BCUT2D eigenvalue weighted by Gasteiger charge is -2.07. The molecule has 1 aromatic carbocycles. The van der Waals surface area contributed by atoms with Crippen LogP contribution in [-0.4, -0.2) is 10.9 Å². The van der Waals surface area contributed by atoms with Gasteiger partial charge in [0.05, 0.1) is 17.6 Å². The van der Waals surface area contributed by atoms with Gasteiger partial charge in [-0.2, -0.15) is 0 Å². The molecule has 2 rings (SSSR count). The Morgan fingerprint density at radius 2 is 2.11 bits per heavy atom. The molecule has 0 fully saturated rings. The standard InChI is InChI=1S/C12H10ClIN4O/c13-7-1-3-10(9(14)5-7)17-12(19)11-4-2-8(18-15)6-16-11/h1-6,18H,15H2,(H,17,19). The summed E-state index contributed by atoms with van der Waals surface area (Å²) in [7, 11) is 0. The average molecular weight is 389 g/mol. The molecule has 1 heterocycles. The predicted octanol–water partition coefficient (Wildman–Crippen LogP) is 2.88. The molecule has 0 atom stereocenters. The van der Waals surface area contributed by atoms with E-state index in [4.69, 9.17) is 17.4 Å². The number of benzene rings is 1. The van der Waals surface area contributed by atoms with Crippen molar-refractivity contribution in [3.63, 3.8) is 0 Å². The van der Waals surface area contributed by atoms with Crippen LogP contribution in [0.5, 0.6) is 0 Å². The van der Waals surface area contributed by atoms with Gasteiger partial charge >= 0.3 is 0 Å². The van der Waals surface area contributed by atoms with Gasteiger partial charge in [0.25, 0.3) is 5.91 Å². The molecular formula is C12H10ClIN4O. The molecule has 0 radical (unpaired) electrons. The first-order valence-electron chi connectivity index (χ1n) is 5.29. The van der Waals surface area contributed by atoms with Crippen molar-refractivity contribution in [3.05, 3.63) is 50.8 Å². The predicted molar refractivity (Wildman–Crippen MR) is 84.2 cm³/mol. The third-order valence-electron chi connectivity index (χ3n) is 2.34. The number of hydrazine groups is 1. The monoisotopic (exact) mass is 388 g/mol. The van der Waals surface area contributed by atoms with Crippen LogP contribution in [0.1, 0.15) is 10.5 Å². The van der Waals surface area contributed by atoms with Gasteiger partial charge in [-0.3, -0.25) is 10.6 Å². The quantitative estimate of drug-likeness (QED) is 0.429. The number of hydrogen-bond acceptors (Lipinski definition) is 4. The van der Waals surface area contributed by atoms with E-state index in [1.54, 1.807) is 30.3 Å². The van der Waals surface area contributed by atoms with Crippen molar-refractivity contribution in [2.75, 3.05) is 10.7 Å². The lowest BCUT2D eigenvalue weighted by Crippen LogP contribution is -2.15. The van der Waals surface area contributed by atoms with Gasteiger partial charge < -0.3 is 10.7 Å². The van der Waals surface area contributed by atoms with Crippen molar-refractivity contribution < 1.29 is 4.79 Å². The zero-order valence-corrected chi connectivity index (χ0v) is 12.6. The normalized spacial score (nSPS) is 10.1. The van der Waals surface area contributed by atoms with E-state index in [1.807, 2.05) is 0 Å². The molecule has 7 heteroatoms. The number of amides is 1. The maximum Gasteiger partial charge on any atom is 0.274 e. The summed E-state index contributed by atoms with van der Waals surface area (Å²) in [5.41, 5.74) is 4.09. The first-order valence-corrected chi connectivity index (χ1v) is 6.75. The van der Waals surface area contributed by atoms with E-state index in [0.29, 0.717) is 22.1 Å². The minimum Gasteiger partial charge on any atom is -0.323 e. The van der Waals surface area contributed by atoms with Gasteiger partial charge in [0.15, 0.2) is 0 Å². The number of hydrogen-bond donors (Lipinski definition) is 3. The van der Waals surface area contributed by atoms with Crippen LogP contribution in [0.4, 0.5) is 11.4 Å². The van der Waals surface area contributed by atoms with E-state index in [1.165, 1.54) is 6.20 Å². The summed E-state index contributed by atoms with van der Waals surface area (Å²) in [4.78, 5) is 16.0. The Hall–Kier alpha value is -1.38. The van der Waals surface area contributed by atoms with Gasteiger partial charge in [0.2, 0.25) is 0 Å². The SMILES string of the molecule is NNc1ccc(C(=O)Nc2ccc(Cl)cc2I)nc1. The molecule has 19 heavy (non-hydrogen) atoms. The Morgan fingerprint density at radius 3 is 2.68 bits per heavy atom. The largest absolute Gasteiger partial charge is 0.323 e. The van der Waals surface area contributed by atoms with Crippen molar-refractivity contribution in [1.29, 1.82) is 0 Å². The summed E-state index contributed by atoms with van der Waals surface area (Å²) >= 11 is 7.96.